The zero-order valence-corrected chi connectivity index (χ0v) is 15.3. The van der Waals surface area contributed by atoms with Gasteiger partial charge in [-0.1, -0.05) is 48.5 Å². The molecule has 28 heavy (non-hydrogen) atoms. The number of fused-ring (bicyclic) bond motifs is 1. The number of carbonyl (C=O) groups excluding carboxylic acids is 1. The molecule has 0 aliphatic carbocycles. The first-order chi connectivity index (χ1) is 13.5. The predicted octanol–water partition coefficient (Wildman–Crippen LogP) is 4.09. The van der Waals surface area contributed by atoms with Crippen LogP contribution < -0.4 is 22.9 Å². The van der Waals surface area contributed by atoms with Crippen molar-refractivity contribution in [1.29, 1.82) is 0 Å². The van der Waals surface area contributed by atoms with Gasteiger partial charge in [0.05, 0.1) is 0 Å². The first kappa shape index (κ1) is 18.8. The highest BCUT2D eigenvalue weighted by atomic mass is 16.1. The van der Waals surface area contributed by atoms with Crippen LogP contribution in [0.2, 0.25) is 0 Å². The zero-order valence-electron chi connectivity index (χ0n) is 15.3. The van der Waals surface area contributed by atoms with Gasteiger partial charge in [0.1, 0.15) is 0 Å². The summed E-state index contributed by atoms with van der Waals surface area (Å²) >= 11 is 0. The van der Waals surface area contributed by atoms with Crippen LogP contribution in [0.5, 0.6) is 0 Å². The number of anilines is 4. The van der Waals surface area contributed by atoms with Gasteiger partial charge < -0.3 is 22.9 Å². The number of nitrogens with two attached hydrogens (primary N) is 4. The Kier molecular flexibility index (Phi) is 5.46. The second-order valence-electron chi connectivity index (χ2n) is 6.29. The molecule has 8 N–H and O–H groups in total. The third kappa shape index (κ3) is 3.88. The van der Waals surface area contributed by atoms with Crippen LogP contribution in [-0.2, 0) is 0 Å². The summed E-state index contributed by atoms with van der Waals surface area (Å²) in [4.78, 5) is 12.1. The molecule has 0 spiro atoms. The number of hydrogen-bond acceptors (Lipinski definition) is 5. The lowest BCUT2D eigenvalue weighted by atomic mass is 10.0. The molecule has 0 heterocycles. The van der Waals surface area contributed by atoms with Gasteiger partial charge in [0.2, 0.25) is 0 Å². The highest BCUT2D eigenvalue weighted by Crippen LogP contribution is 2.25. The average Bonchev–Trinajstić information content (AvgIpc) is 2.72. The Labute approximate surface area is 163 Å². The van der Waals surface area contributed by atoms with E-state index in [-0.39, 0.29) is 5.78 Å². The van der Waals surface area contributed by atoms with Crippen molar-refractivity contribution in [2.45, 2.75) is 0 Å². The van der Waals surface area contributed by atoms with E-state index in [0.29, 0.717) is 22.5 Å². The minimum Gasteiger partial charge on any atom is -0.398 e. The first-order valence-corrected chi connectivity index (χ1v) is 8.75. The van der Waals surface area contributed by atoms with Crippen molar-refractivity contribution in [3.8, 4) is 0 Å². The van der Waals surface area contributed by atoms with Gasteiger partial charge in [-0.25, -0.2) is 0 Å². The Bertz CT molecular complexity index is 1050. The predicted molar refractivity (Wildman–Crippen MR) is 118 cm³/mol. The fourth-order valence-electron chi connectivity index (χ4n) is 2.90. The summed E-state index contributed by atoms with van der Waals surface area (Å²) in [6, 6.07) is 25.5. The molecule has 0 amide bonds. The van der Waals surface area contributed by atoms with E-state index in [0.717, 1.165) is 22.1 Å². The van der Waals surface area contributed by atoms with Crippen LogP contribution in [0, 0.1) is 0 Å². The topological polar surface area (TPSA) is 121 Å². The molecule has 5 nitrogen and oxygen atoms in total. The average molecular weight is 370 g/mol. The van der Waals surface area contributed by atoms with E-state index < -0.39 is 0 Å². The summed E-state index contributed by atoms with van der Waals surface area (Å²) in [5.41, 5.74) is 26.5. The third-order valence-electron chi connectivity index (χ3n) is 4.40. The Morgan fingerprint density at radius 3 is 1.21 bits per heavy atom. The van der Waals surface area contributed by atoms with Gasteiger partial charge in [-0.15, -0.1) is 0 Å². The number of rotatable bonds is 2. The van der Waals surface area contributed by atoms with Crippen molar-refractivity contribution in [2.75, 3.05) is 22.9 Å². The van der Waals surface area contributed by atoms with Crippen molar-refractivity contribution >= 4 is 39.3 Å². The zero-order chi connectivity index (χ0) is 20.1. The molecule has 0 aliphatic rings. The van der Waals surface area contributed by atoms with E-state index in [1.807, 2.05) is 36.4 Å². The first-order valence-electron chi connectivity index (χ1n) is 8.75. The molecule has 5 heteroatoms. The van der Waals surface area contributed by atoms with Gasteiger partial charge >= 0.3 is 0 Å². The van der Waals surface area contributed by atoms with Gasteiger partial charge in [0.15, 0.2) is 5.78 Å². The summed E-state index contributed by atoms with van der Waals surface area (Å²) in [5, 5.41) is 2.05. The number of benzene rings is 4. The van der Waals surface area contributed by atoms with Crippen molar-refractivity contribution < 1.29 is 4.79 Å². The van der Waals surface area contributed by atoms with Crippen LogP contribution in [0.25, 0.3) is 10.8 Å². The number of para-hydroxylation sites is 2. The van der Waals surface area contributed by atoms with Crippen molar-refractivity contribution in [3.05, 3.63) is 96.1 Å². The minimum absolute atomic E-state index is 0.142. The van der Waals surface area contributed by atoms with E-state index in [2.05, 4.69) is 0 Å². The maximum Gasteiger partial charge on any atom is 0.197 e. The van der Waals surface area contributed by atoms with Crippen LogP contribution in [0.3, 0.4) is 0 Å². The van der Waals surface area contributed by atoms with Crippen LogP contribution in [0.1, 0.15) is 15.9 Å². The summed E-state index contributed by atoms with van der Waals surface area (Å²) in [6.07, 6.45) is 0. The molecule has 0 aromatic heterocycles. The molecular formula is C23H22N4O. The Morgan fingerprint density at radius 1 is 0.464 bits per heavy atom. The van der Waals surface area contributed by atoms with Gasteiger partial charge in [-0.05, 0) is 36.4 Å². The number of nitrogen functional groups attached to an aromatic ring is 4. The molecule has 0 bridgehead atoms. The molecule has 4 aromatic carbocycles. The lowest BCUT2D eigenvalue weighted by Gasteiger charge is -2.06. The lowest BCUT2D eigenvalue weighted by molar-refractivity contribution is 0.104. The number of ketones is 1. The molecule has 140 valence electrons. The minimum atomic E-state index is -0.142. The Hall–Kier alpha value is -3.99. The summed E-state index contributed by atoms with van der Waals surface area (Å²) in [7, 11) is 0. The second kappa shape index (κ2) is 8.14. The molecule has 4 rings (SSSR count). The molecule has 0 aliphatic heterocycles. The van der Waals surface area contributed by atoms with Crippen LogP contribution in [0.15, 0.2) is 84.9 Å². The molecule has 0 saturated carbocycles. The molecular weight excluding hydrogens is 348 g/mol. The van der Waals surface area contributed by atoms with E-state index in [4.69, 9.17) is 22.9 Å². The van der Waals surface area contributed by atoms with Crippen molar-refractivity contribution in [2.24, 2.45) is 0 Å². The largest absolute Gasteiger partial charge is 0.398 e. The fourth-order valence-corrected chi connectivity index (χ4v) is 2.90. The molecule has 0 unspecified atom stereocenters. The highest BCUT2D eigenvalue weighted by Gasteiger charge is 2.13. The SMILES string of the molecule is Nc1ccc(N)c2ccccc12.Nc1ccccc1C(=O)c1ccccc1N. The van der Waals surface area contributed by atoms with Gasteiger partial charge in [0.25, 0.3) is 0 Å². The molecule has 4 aromatic rings. The van der Waals surface area contributed by atoms with Crippen molar-refractivity contribution in [3.63, 3.8) is 0 Å². The van der Waals surface area contributed by atoms with Crippen LogP contribution >= 0.6 is 0 Å². The van der Waals surface area contributed by atoms with E-state index in [9.17, 15) is 4.79 Å². The molecule has 0 atom stereocenters. The summed E-state index contributed by atoms with van der Waals surface area (Å²) < 4.78 is 0. The molecule has 0 radical (unpaired) electrons. The smallest absolute Gasteiger partial charge is 0.197 e. The Balaban J connectivity index is 0.000000167. The maximum atomic E-state index is 12.1. The summed E-state index contributed by atoms with van der Waals surface area (Å²) in [5.74, 6) is -0.142. The van der Waals surface area contributed by atoms with E-state index in [1.165, 1.54) is 0 Å². The quantitative estimate of drug-likeness (QED) is 0.313. The second-order valence-corrected chi connectivity index (χ2v) is 6.29. The third-order valence-corrected chi connectivity index (χ3v) is 4.40. The number of hydrogen-bond donors (Lipinski definition) is 4. The monoisotopic (exact) mass is 370 g/mol. The normalized spacial score (nSPS) is 10.1. The maximum absolute atomic E-state index is 12.1. The van der Waals surface area contributed by atoms with E-state index >= 15 is 0 Å². The Morgan fingerprint density at radius 2 is 0.821 bits per heavy atom. The fraction of sp³-hybridized carbons (Fsp3) is 0. The van der Waals surface area contributed by atoms with E-state index in [1.54, 1.807) is 48.5 Å². The standard InChI is InChI=1S/C13H12N2O.C10H10N2/c14-11-7-3-1-5-9(11)13(16)10-6-2-4-8-12(10)15;11-9-5-6-10(12)8-4-2-1-3-7(8)9/h1-8H,14-15H2;1-6H,11-12H2. The number of carbonyl (C=O) groups is 1. The highest BCUT2D eigenvalue weighted by molar-refractivity contribution is 6.14. The lowest BCUT2D eigenvalue weighted by Crippen LogP contribution is -2.07. The van der Waals surface area contributed by atoms with Crippen LogP contribution in [-0.4, -0.2) is 5.78 Å². The molecule has 0 saturated heterocycles. The van der Waals surface area contributed by atoms with Gasteiger partial charge in [-0.2, -0.15) is 0 Å². The van der Waals surface area contributed by atoms with Crippen molar-refractivity contribution in [1.82, 2.24) is 0 Å². The summed E-state index contributed by atoms with van der Waals surface area (Å²) in [6.45, 7) is 0. The van der Waals surface area contributed by atoms with Crippen LogP contribution in [0.4, 0.5) is 22.7 Å². The van der Waals surface area contributed by atoms with Gasteiger partial charge in [0, 0.05) is 44.6 Å². The van der Waals surface area contributed by atoms with Gasteiger partial charge in [-0.3, -0.25) is 4.79 Å². The molecule has 0 fully saturated rings.